The number of ether oxygens (including phenoxy) is 1. The summed E-state index contributed by atoms with van der Waals surface area (Å²) < 4.78 is 81.8. The molecule has 11 heteroatoms. The zero-order valence-corrected chi connectivity index (χ0v) is 22.3. The van der Waals surface area contributed by atoms with Crippen molar-refractivity contribution >= 4 is 11.6 Å². The van der Waals surface area contributed by atoms with Crippen molar-refractivity contribution in [1.29, 1.82) is 0 Å². The van der Waals surface area contributed by atoms with Crippen molar-refractivity contribution in [3.8, 4) is 5.75 Å². The number of hydrogen-bond acceptors (Lipinski definition) is 4. The van der Waals surface area contributed by atoms with Crippen LogP contribution in [0.3, 0.4) is 0 Å². The summed E-state index contributed by atoms with van der Waals surface area (Å²) in [6.45, 7) is 7.50. The third kappa shape index (κ3) is 6.57. The average molecular weight is 566 g/mol. The predicted molar refractivity (Wildman–Crippen MR) is 138 cm³/mol. The van der Waals surface area contributed by atoms with Crippen LogP contribution in [0.5, 0.6) is 5.75 Å². The largest absolute Gasteiger partial charge is 0.573 e. The highest BCUT2D eigenvalue weighted by Crippen LogP contribution is 2.40. The lowest BCUT2D eigenvalue weighted by molar-refractivity contribution is -0.274. The highest BCUT2D eigenvalue weighted by Gasteiger charge is 2.44. The van der Waals surface area contributed by atoms with Gasteiger partial charge < -0.3 is 9.64 Å². The monoisotopic (exact) mass is 565 g/mol. The van der Waals surface area contributed by atoms with Gasteiger partial charge in [-0.1, -0.05) is 44.2 Å². The number of alkyl halides is 6. The number of hydrogen-bond donors (Lipinski definition) is 1. The molecule has 2 heterocycles. The fraction of sp³-hybridized carbons (Fsp3) is 0.379. The van der Waals surface area contributed by atoms with Crippen LogP contribution in [0.25, 0.3) is 0 Å². The van der Waals surface area contributed by atoms with E-state index in [1.165, 1.54) is 29.2 Å². The van der Waals surface area contributed by atoms with Gasteiger partial charge in [-0.25, -0.2) is 0 Å². The number of amides is 1. The first-order valence-electron chi connectivity index (χ1n) is 12.7. The third-order valence-electron chi connectivity index (χ3n) is 6.93. The summed E-state index contributed by atoms with van der Waals surface area (Å²) in [4.78, 5) is 18.9. The number of anilines is 1. The summed E-state index contributed by atoms with van der Waals surface area (Å²) in [7, 11) is 0. The van der Waals surface area contributed by atoms with Gasteiger partial charge in [0, 0.05) is 17.4 Å². The summed E-state index contributed by atoms with van der Waals surface area (Å²) in [6, 6.07) is 13.6. The van der Waals surface area contributed by atoms with Crippen LogP contribution in [0, 0.1) is 0 Å². The maximum atomic E-state index is 13.8. The van der Waals surface area contributed by atoms with E-state index in [0.717, 1.165) is 17.8 Å². The van der Waals surface area contributed by atoms with Crippen LogP contribution >= 0.6 is 0 Å². The Balaban J connectivity index is 1.67. The van der Waals surface area contributed by atoms with E-state index in [2.05, 4.69) is 15.0 Å². The third-order valence-corrected chi connectivity index (χ3v) is 6.93. The summed E-state index contributed by atoms with van der Waals surface area (Å²) in [6.07, 6.45) is -8.15. The summed E-state index contributed by atoms with van der Waals surface area (Å²) >= 11 is 0. The molecular formula is C29H29F6N3O2. The van der Waals surface area contributed by atoms with Crippen molar-refractivity contribution in [2.45, 2.75) is 70.2 Å². The van der Waals surface area contributed by atoms with Crippen LogP contribution in [0.4, 0.5) is 32.0 Å². The number of nitrogens with zero attached hydrogens (tertiary/aromatic N) is 2. The Bertz CT molecular complexity index is 1340. The molecule has 0 saturated carbocycles. The maximum Gasteiger partial charge on any atom is 0.573 e. The Morgan fingerprint density at radius 3 is 2.20 bits per heavy atom. The van der Waals surface area contributed by atoms with Gasteiger partial charge in [0.25, 0.3) is 0 Å². The first kappa shape index (κ1) is 29.4. The Kier molecular flexibility index (Phi) is 7.90. The fourth-order valence-electron chi connectivity index (χ4n) is 4.85. The summed E-state index contributed by atoms with van der Waals surface area (Å²) in [5, 5.41) is 3.24. The first-order chi connectivity index (χ1) is 18.5. The zero-order valence-electron chi connectivity index (χ0n) is 22.3. The lowest BCUT2D eigenvalue weighted by Gasteiger charge is -2.30. The number of halogens is 6. The number of benzene rings is 2. The number of nitrogens with one attached hydrogen (secondary N) is 1. The summed E-state index contributed by atoms with van der Waals surface area (Å²) in [5.41, 5.74) is 0.520. The second-order valence-corrected chi connectivity index (χ2v) is 10.6. The SMILES string of the molecule is CC(C)c1ccc(N2C(=O)[C@@H](NC(C)(C)c3ccc(C(F)(F)F)nc3)C[C@H]2c2cccc(OC(F)(F)F)c2)cc1. The van der Waals surface area contributed by atoms with Gasteiger partial charge in [0.15, 0.2) is 0 Å². The van der Waals surface area contributed by atoms with Crippen molar-refractivity contribution in [3.05, 3.63) is 89.2 Å². The normalized spacial score (nSPS) is 18.5. The molecular weight excluding hydrogens is 536 g/mol. The van der Waals surface area contributed by atoms with Crippen LogP contribution in [0.1, 0.15) is 68.5 Å². The van der Waals surface area contributed by atoms with Gasteiger partial charge in [0.05, 0.1) is 12.1 Å². The molecule has 1 amide bonds. The van der Waals surface area contributed by atoms with Gasteiger partial charge in [0.1, 0.15) is 11.4 Å². The van der Waals surface area contributed by atoms with Crippen LogP contribution in [-0.4, -0.2) is 23.3 Å². The molecule has 4 rings (SSSR count). The van der Waals surface area contributed by atoms with E-state index in [0.29, 0.717) is 16.8 Å². The van der Waals surface area contributed by atoms with E-state index >= 15 is 0 Å². The molecule has 0 unspecified atom stereocenters. The predicted octanol–water partition coefficient (Wildman–Crippen LogP) is 7.49. The molecule has 40 heavy (non-hydrogen) atoms. The average Bonchev–Trinajstić information content (AvgIpc) is 3.18. The van der Waals surface area contributed by atoms with E-state index in [-0.39, 0.29) is 18.2 Å². The second kappa shape index (κ2) is 10.8. The number of aromatic nitrogens is 1. The van der Waals surface area contributed by atoms with Gasteiger partial charge in [-0.2, -0.15) is 13.2 Å². The van der Waals surface area contributed by atoms with E-state index in [4.69, 9.17) is 0 Å². The lowest BCUT2D eigenvalue weighted by atomic mass is 9.93. The van der Waals surface area contributed by atoms with Gasteiger partial charge >= 0.3 is 12.5 Å². The highest BCUT2D eigenvalue weighted by atomic mass is 19.4. The van der Waals surface area contributed by atoms with Gasteiger partial charge in [-0.05, 0) is 73.2 Å². The molecule has 5 nitrogen and oxygen atoms in total. The fourth-order valence-corrected chi connectivity index (χ4v) is 4.85. The van der Waals surface area contributed by atoms with Crippen LogP contribution < -0.4 is 15.0 Å². The highest BCUT2D eigenvalue weighted by molar-refractivity contribution is 6.00. The van der Waals surface area contributed by atoms with Crippen molar-refractivity contribution in [2.24, 2.45) is 0 Å². The van der Waals surface area contributed by atoms with Gasteiger partial charge in [-0.15, -0.1) is 13.2 Å². The molecule has 2 atom stereocenters. The summed E-state index contributed by atoms with van der Waals surface area (Å²) in [5.74, 6) is -0.472. The van der Waals surface area contributed by atoms with Gasteiger partial charge in [-0.3, -0.25) is 15.1 Å². The molecule has 0 bridgehead atoms. The number of carbonyl (C=O) groups excluding carboxylic acids is 1. The second-order valence-electron chi connectivity index (χ2n) is 10.6. The lowest BCUT2D eigenvalue weighted by Crippen LogP contribution is -2.47. The van der Waals surface area contributed by atoms with Crippen LogP contribution in [0.15, 0.2) is 66.9 Å². The maximum absolute atomic E-state index is 13.8. The zero-order chi connectivity index (χ0) is 29.5. The molecule has 0 spiro atoms. The number of pyridine rings is 1. The molecule has 3 aromatic rings. The van der Waals surface area contributed by atoms with E-state index < -0.39 is 41.6 Å². The quantitative estimate of drug-likeness (QED) is 0.302. The standard InChI is InChI=1S/C29H29F6N3O2/c1-17(2)18-8-11-21(12-9-18)38-24(19-6-5-7-22(14-19)40-29(33,34)35)15-23(26(38)39)37-27(3,4)20-10-13-25(36-16-20)28(30,31)32/h5-14,16-17,23-24,37H,15H2,1-4H3/t23-,24-/m0/s1. The van der Waals surface area contributed by atoms with Crippen molar-refractivity contribution in [3.63, 3.8) is 0 Å². The molecule has 1 aliphatic rings. The Morgan fingerprint density at radius 2 is 1.65 bits per heavy atom. The molecule has 0 radical (unpaired) electrons. The van der Waals surface area contributed by atoms with Crippen LogP contribution in [-0.2, 0) is 16.5 Å². The molecule has 1 aromatic heterocycles. The Labute approximate surface area is 228 Å². The molecule has 1 fully saturated rings. The molecule has 214 valence electrons. The minimum absolute atomic E-state index is 0.192. The molecule has 2 aromatic carbocycles. The van der Waals surface area contributed by atoms with E-state index in [9.17, 15) is 31.1 Å². The van der Waals surface area contributed by atoms with Gasteiger partial charge in [0.2, 0.25) is 5.91 Å². The Hall–Kier alpha value is -3.60. The molecule has 0 aliphatic carbocycles. The van der Waals surface area contributed by atoms with Crippen molar-refractivity contribution in [1.82, 2.24) is 10.3 Å². The van der Waals surface area contributed by atoms with E-state index in [1.807, 2.05) is 26.0 Å². The van der Waals surface area contributed by atoms with Crippen molar-refractivity contribution < 1.29 is 35.9 Å². The minimum Gasteiger partial charge on any atom is -0.406 e. The van der Waals surface area contributed by atoms with Crippen molar-refractivity contribution in [2.75, 3.05) is 4.90 Å². The number of rotatable bonds is 7. The molecule has 1 N–H and O–H groups in total. The van der Waals surface area contributed by atoms with Crippen LogP contribution in [0.2, 0.25) is 0 Å². The Morgan fingerprint density at radius 1 is 0.975 bits per heavy atom. The molecule has 1 saturated heterocycles. The first-order valence-corrected chi connectivity index (χ1v) is 12.7. The topological polar surface area (TPSA) is 54.5 Å². The van der Waals surface area contributed by atoms with E-state index in [1.54, 1.807) is 32.0 Å². The number of carbonyl (C=O) groups is 1. The minimum atomic E-state index is -4.87. The molecule has 1 aliphatic heterocycles. The smallest absolute Gasteiger partial charge is 0.406 e.